The minimum absolute atomic E-state index is 0.227. The van der Waals surface area contributed by atoms with E-state index in [1.807, 2.05) is 73.1 Å². The number of thioether (sulfide) groups is 1. The van der Waals surface area contributed by atoms with E-state index in [0.29, 0.717) is 28.1 Å². The number of methoxy groups -OCH3 is 1. The molecule has 2 aromatic carbocycles. The zero-order valence-electron chi connectivity index (χ0n) is 19.5. The highest BCUT2D eigenvalue weighted by Crippen LogP contribution is 2.25. The Morgan fingerprint density at radius 2 is 1.85 bits per heavy atom. The van der Waals surface area contributed by atoms with Crippen LogP contribution in [0.1, 0.15) is 12.1 Å². The van der Waals surface area contributed by atoms with E-state index in [4.69, 9.17) is 4.74 Å². The van der Waals surface area contributed by atoms with Gasteiger partial charge in [0.05, 0.1) is 18.5 Å². The number of benzene rings is 2. The molecule has 4 aromatic rings. The van der Waals surface area contributed by atoms with Crippen LogP contribution in [0.25, 0.3) is 17.1 Å². The number of carbonyl (C=O) groups excluding carboxylic acids is 1. The van der Waals surface area contributed by atoms with Gasteiger partial charge in [0.15, 0.2) is 11.0 Å². The summed E-state index contributed by atoms with van der Waals surface area (Å²) in [5, 5.41) is 12.0. The molecule has 0 saturated heterocycles. The molecule has 0 spiro atoms. The van der Waals surface area contributed by atoms with Crippen LogP contribution in [0.2, 0.25) is 0 Å². The zero-order chi connectivity index (χ0) is 24.2. The van der Waals surface area contributed by atoms with E-state index in [-0.39, 0.29) is 17.9 Å². The maximum absolute atomic E-state index is 13.0. The van der Waals surface area contributed by atoms with Crippen LogP contribution in [-0.4, -0.2) is 42.9 Å². The van der Waals surface area contributed by atoms with Gasteiger partial charge in [0.1, 0.15) is 11.4 Å². The van der Waals surface area contributed by atoms with E-state index in [1.54, 1.807) is 23.5 Å². The van der Waals surface area contributed by atoms with Crippen molar-refractivity contribution in [3.05, 3.63) is 70.6 Å². The summed E-state index contributed by atoms with van der Waals surface area (Å²) < 4.78 is 10.4. The van der Waals surface area contributed by atoms with Gasteiger partial charge in [-0.25, -0.2) is 4.68 Å². The molecule has 2 heterocycles. The van der Waals surface area contributed by atoms with Gasteiger partial charge < -0.3 is 14.6 Å². The van der Waals surface area contributed by atoms with Crippen molar-refractivity contribution in [2.75, 3.05) is 18.2 Å². The van der Waals surface area contributed by atoms with Crippen molar-refractivity contribution in [3.63, 3.8) is 0 Å². The van der Waals surface area contributed by atoms with Crippen LogP contribution in [0, 0.1) is 6.92 Å². The number of para-hydroxylation sites is 1. The van der Waals surface area contributed by atoms with Crippen LogP contribution < -0.4 is 15.6 Å². The van der Waals surface area contributed by atoms with Gasteiger partial charge in [-0.2, -0.15) is 0 Å². The van der Waals surface area contributed by atoms with Crippen molar-refractivity contribution in [3.8, 4) is 22.8 Å². The number of carbonyl (C=O) groups is 1. The Labute approximate surface area is 201 Å². The Morgan fingerprint density at radius 3 is 2.59 bits per heavy atom. The molecule has 0 bridgehead atoms. The maximum Gasteiger partial charge on any atom is 0.295 e. The van der Waals surface area contributed by atoms with E-state index in [0.717, 1.165) is 17.0 Å². The standard InChI is InChI=1S/C24H26N6O3S/c1-16-21(23(32)30(29(16)3)18-10-6-5-7-11-18)25-20(31)13-14-34-24-27-26-22(28(24)2)17-9-8-12-19(15-17)33-4/h5-12,15H,13-14H2,1-4H3,(H,25,31). The third-order valence-corrected chi connectivity index (χ3v) is 6.56. The number of hydrogen-bond acceptors (Lipinski definition) is 6. The Balaban J connectivity index is 1.40. The van der Waals surface area contributed by atoms with Gasteiger partial charge in [0.25, 0.3) is 5.56 Å². The average molecular weight is 479 g/mol. The second-order valence-corrected chi connectivity index (χ2v) is 8.74. The largest absolute Gasteiger partial charge is 0.497 e. The van der Waals surface area contributed by atoms with Crippen LogP contribution in [-0.2, 0) is 18.9 Å². The molecule has 0 aliphatic rings. The molecule has 4 rings (SSSR count). The van der Waals surface area contributed by atoms with Crippen molar-refractivity contribution in [1.82, 2.24) is 24.1 Å². The van der Waals surface area contributed by atoms with Crippen LogP contribution in [0.4, 0.5) is 5.69 Å². The summed E-state index contributed by atoms with van der Waals surface area (Å²) in [7, 11) is 5.30. The van der Waals surface area contributed by atoms with Gasteiger partial charge in [-0.15, -0.1) is 10.2 Å². The van der Waals surface area contributed by atoms with Crippen molar-refractivity contribution >= 4 is 23.4 Å². The van der Waals surface area contributed by atoms with Crippen molar-refractivity contribution < 1.29 is 9.53 Å². The Bertz CT molecular complexity index is 1370. The van der Waals surface area contributed by atoms with Crippen LogP contribution in [0.5, 0.6) is 5.75 Å². The molecule has 34 heavy (non-hydrogen) atoms. The van der Waals surface area contributed by atoms with E-state index >= 15 is 0 Å². The molecule has 0 aliphatic heterocycles. The molecular formula is C24H26N6O3S. The maximum atomic E-state index is 13.0. The molecule has 1 N–H and O–H groups in total. The number of ether oxygens (including phenoxy) is 1. The molecule has 1 amide bonds. The summed E-state index contributed by atoms with van der Waals surface area (Å²) in [4.78, 5) is 25.6. The Kier molecular flexibility index (Phi) is 6.87. The summed E-state index contributed by atoms with van der Waals surface area (Å²) in [5.74, 6) is 1.73. The summed E-state index contributed by atoms with van der Waals surface area (Å²) in [6.45, 7) is 1.81. The first-order chi connectivity index (χ1) is 16.4. The fourth-order valence-electron chi connectivity index (χ4n) is 3.60. The normalized spacial score (nSPS) is 10.9. The predicted molar refractivity (Wildman–Crippen MR) is 133 cm³/mol. The molecule has 2 aromatic heterocycles. The Hall–Kier alpha value is -3.79. The van der Waals surface area contributed by atoms with Crippen molar-refractivity contribution in [2.45, 2.75) is 18.5 Å². The Morgan fingerprint density at radius 1 is 1.09 bits per heavy atom. The first-order valence-corrected chi connectivity index (χ1v) is 11.7. The lowest BCUT2D eigenvalue weighted by molar-refractivity contribution is -0.115. The summed E-state index contributed by atoms with van der Waals surface area (Å²) in [6, 6.07) is 16.9. The minimum atomic E-state index is -0.261. The van der Waals surface area contributed by atoms with Gasteiger partial charge in [0.2, 0.25) is 5.91 Å². The van der Waals surface area contributed by atoms with E-state index in [2.05, 4.69) is 15.5 Å². The molecule has 0 saturated carbocycles. The molecule has 9 nitrogen and oxygen atoms in total. The first kappa shape index (κ1) is 23.4. The van der Waals surface area contributed by atoms with Crippen LogP contribution in [0.15, 0.2) is 64.5 Å². The third kappa shape index (κ3) is 4.62. The van der Waals surface area contributed by atoms with Gasteiger partial charge in [0, 0.05) is 31.8 Å². The van der Waals surface area contributed by atoms with Gasteiger partial charge in [-0.05, 0) is 31.2 Å². The number of nitrogens with zero attached hydrogens (tertiary/aromatic N) is 5. The lowest BCUT2D eigenvalue weighted by atomic mass is 10.2. The third-order valence-electron chi connectivity index (χ3n) is 5.54. The predicted octanol–water partition coefficient (Wildman–Crippen LogP) is 3.41. The van der Waals surface area contributed by atoms with Crippen molar-refractivity contribution in [1.29, 1.82) is 0 Å². The second-order valence-electron chi connectivity index (χ2n) is 7.68. The quantitative estimate of drug-likeness (QED) is 0.390. The molecule has 0 radical (unpaired) electrons. The van der Waals surface area contributed by atoms with Gasteiger partial charge in [-0.3, -0.25) is 14.3 Å². The number of nitrogens with one attached hydrogen (secondary N) is 1. The number of rotatable bonds is 8. The topological polar surface area (TPSA) is 96.0 Å². The average Bonchev–Trinajstić information content (AvgIpc) is 3.31. The SMILES string of the molecule is COc1cccc(-c2nnc(SCCC(=O)Nc3c(C)n(C)n(-c4ccccc4)c3=O)n2C)c1. The summed E-state index contributed by atoms with van der Waals surface area (Å²) in [5.41, 5.74) is 2.35. The molecule has 0 unspecified atom stereocenters. The van der Waals surface area contributed by atoms with E-state index in [1.165, 1.54) is 11.8 Å². The van der Waals surface area contributed by atoms with Crippen LogP contribution >= 0.6 is 11.8 Å². The molecular weight excluding hydrogens is 452 g/mol. The molecule has 176 valence electrons. The summed E-state index contributed by atoms with van der Waals surface area (Å²) >= 11 is 1.43. The zero-order valence-corrected chi connectivity index (χ0v) is 20.3. The lowest BCUT2D eigenvalue weighted by Crippen LogP contribution is -2.23. The number of anilines is 1. The number of amides is 1. The number of hydrogen-bond donors (Lipinski definition) is 1. The minimum Gasteiger partial charge on any atom is -0.497 e. The first-order valence-electron chi connectivity index (χ1n) is 10.7. The highest BCUT2D eigenvalue weighted by atomic mass is 32.2. The molecule has 10 heteroatoms. The summed E-state index contributed by atoms with van der Waals surface area (Å²) in [6.07, 6.45) is 0.227. The van der Waals surface area contributed by atoms with Crippen molar-refractivity contribution in [2.24, 2.45) is 14.1 Å². The second kappa shape index (κ2) is 10.0. The molecule has 0 fully saturated rings. The van der Waals surface area contributed by atoms with Gasteiger partial charge in [-0.1, -0.05) is 42.1 Å². The lowest BCUT2D eigenvalue weighted by Gasteiger charge is -2.07. The fraction of sp³-hybridized carbons (Fsp3) is 0.250. The highest BCUT2D eigenvalue weighted by Gasteiger charge is 2.18. The van der Waals surface area contributed by atoms with E-state index < -0.39 is 0 Å². The fourth-order valence-corrected chi connectivity index (χ4v) is 4.45. The van der Waals surface area contributed by atoms with Crippen LogP contribution in [0.3, 0.4) is 0 Å². The highest BCUT2D eigenvalue weighted by molar-refractivity contribution is 7.99. The monoisotopic (exact) mass is 478 g/mol. The van der Waals surface area contributed by atoms with E-state index in [9.17, 15) is 9.59 Å². The number of aromatic nitrogens is 5. The van der Waals surface area contributed by atoms with Gasteiger partial charge >= 0.3 is 0 Å². The smallest absolute Gasteiger partial charge is 0.295 e. The molecule has 0 aliphatic carbocycles. The molecule has 0 atom stereocenters.